The van der Waals surface area contributed by atoms with Crippen molar-refractivity contribution in [3.05, 3.63) is 0 Å². The van der Waals surface area contributed by atoms with Crippen LogP contribution in [0.5, 0.6) is 0 Å². The molecule has 10 heteroatoms. The fourth-order valence-corrected chi connectivity index (χ4v) is 3.88. The van der Waals surface area contributed by atoms with E-state index in [1.165, 1.54) is 0 Å². The van der Waals surface area contributed by atoms with Crippen molar-refractivity contribution >= 4 is 23.9 Å². The van der Waals surface area contributed by atoms with Gasteiger partial charge in [0, 0.05) is 19.5 Å². The Morgan fingerprint density at radius 1 is 1.17 bits per heavy atom. The second-order valence-electron chi connectivity index (χ2n) is 7.71. The number of carboxylic acid groups (broad SMARTS) is 1. The van der Waals surface area contributed by atoms with Gasteiger partial charge >= 0.3 is 12.1 Å². The number of hydrogen-bond acceptors (Lipinski definition) is 6. The van der Waals surface area contributed by atoms with Crippen molar-refractivity contribution in [3.63, 3.8) is 0 Å². The highest BCUT2D eigenvalue weighted by Crippen LogP contribution is 2.21. The number of nitrogens with zero attached hydrogens (tertiary/aromatic N) is 1. The molecule has 2 heterocycles. The predicted molar refractivity (Wildman–Crippen MR) is 104 cm³/mol. The average molecular weight is 412 g/mol. The standard InChI is InChI=1S/C19H32N4O6/c1-29-19(28)22-15(11-17(25)26)21-18(27)14-3-2-10-23(12-14)16(24)5-4-13-6-8-20-9-7-13/h13-15,20H,2-12H2,1H3,(H,21,27)(H,22,28)(H,25,26)/t14-,15-/m1/s1. The van der Waals surface area contributed by atoms with E-state index >= 15 is 0 Å². The molecule has 2 saturated heterocycles. The summed E-state index contributed by atoms with van der Waals surface area (Å²) in [4.78, 5) is 49.3. The van der Waals surface area contributed by atoms with Gasteiger partial charge in [0.25, 0.3) is 0 Å². The van der Waals surface area contributed by atoms with E-state index in [-0.39, 0.29) is 11.8 Å². The number of carboxylic acids is 1. The van der Waals surface area contributed by atoms with E-state index in [2.05, 4.69) is 20.7 Å². The number of amides is 3. The number of nitrogens with one attached hydrogen (secondary N) is 3. The molecule has 4 N–H and O–H groups in total. The summed E-state index contributed by atoms with van der Waals surface area (Å²) >= 11 is 0. The summed E-state index contributed by atoms with van der Waals surface area (Å²) in [6, 6.07) is 0. The van der Waals surface area contributed by atoms with Gasteiger partial charge in [0.1, 0.15) is 6.17 Å². The number of likely N-dealkylation sites (tertiary alicyclic amines) is 1. The molecule has 0 aromatic rings. The van der Waals surface area contributed by atoms with E-state index < -0.39 is 30.6 Å². The van der Waals surface area contributed by atoms with Crippen LogP contribution in [-0.4, -0.2) is 73.3 Å². The zero-order chi connectivity index (χ0) is 21.2. The third-order valence-electron chi connectivity index (χ3n) is 5.54. The maximum Gasteiger partial charge on any atom is 0.408 e. The minimum atomic E-state index is -1.16. The minimum Gasteiger partial charge on any atom is -0.481 e. The van der Waals surface area contributed by atoms with E-state index in [0.29, 0.717) is 38.3 Å². The third-order valence-corrected chi connectivity index (χ3v) is 5.54. The van der Waals surface area contributed by atoms with Gasteiger partial charge in [-0.1, -0.05) is 0 Å². The lowest BCUT2D eigenvalue weighted by atomic mass is 9.92. The number of ether oxygens (including phenoxy) is 1. The van der Waals surface area contributed by atoms with Crippen LogP contribution in [-0.2, 0) is 19.1 Å². The summed E-state index contributed by atoms with van der Waals surface area (Å²) in [5.41, 5.74) is 0. The molecule has 3 amide bonds. The van der Waals surface area contributed by atoms with Crippen LogP contribution in [0.4, 0.5) is 4.79 Å². The highest BCUT2D eigenvalue weighted by Gasteiger charge is 2.30. The molecule has 0 saturated carbocycles. The van der Waals surface area contributed by atoms with Crippen molar-refractivity contribution in [1.82, 2.24) is 20.9 Å². The molecule has 0 radical (unpaired) electrons. The molecule has 2 atom stereocenters. The summed E-state index contributed by atoms with van der Waals surface area (Å²) in [5.74, 6) is -1.32. The van der Waals surface area contributed by atoms with E-state index in [1.54, 1.807) is 4.90 Å². The molecular formula is C19H32N4O6. The maximum absolute atomic E-state index is 12.6. The minimum absolute atomic E-state index is 0.0656. The van der Waals surface area contributed by atoms with Gasteiger partial charge in [-0.3, -0.25) is 14.4 Å². The van der Waals surface area contributed by atoms with Gasteiger partial charge in [-0.25, -0.2) is 4.79 Å². The lowest BCUT2D eigenvalue weighted by molar-refractivity contribution is -0.138. The van der Waals surface area contributed by atoms with E-state index in [1.807, 2.05) is 0 Å². The Balaban J connectivity index is 1.83. The van der Waals surface area contributed by atoms with Gasteiger partial charge in [-0.05, 0) is 51.1 Å². The Morgan fingerprint density at radius 2 is 1.90 bits per heavy atom. The first-order chi connectivity index (χ1) is 13.9. The summed E-state index contributed by atoms with van der Waals surface area (Å²) in [5, 5.41) is 17.1. The Labute approximate surface area is 170 Å². The first-order valence-corrected chi connectivity index (χ1v) is 10.2. The monoisotopic (exact) mass is 412 g/mol. The molecule has 0 aliphatic carbocycles. The average Bonchev–Trinajstić information content (AvgIpc) is 2.72. The van der Waals surface area contributed by atoms with Crippen LogP contribution in [0.15, 0.2) is 0 Å². The SMILES string of the molecule is COC(=O)N[C@H](CC(=O)O)NC(=O)[C@@H]1CCCN(C(=O)CCC2CCNCC2)C1. The fraction of sp³-hybridized carbons (Fsp3) is 0.789. The first kappa shape index (κ1) is 22.9. The number of methoxy groups -OCH3 is 1. The topological polar surface area (TPSA) is 137 Å². The number of carbonyl (C=O) groups excluding carboxylic acids is 3. The number of piperidine rings is 2. The molecular weight excluding hydrogens is 380 g/mol. The molecule has 0 aromatic heterocycles. The Kier molecular flexibility index (Phi) is 9.17. The van der Waals surface area contributed by atoms with Crippen molar-refractivity contribution < 1.29 is 29.0 Å². The molecule has 2 aliphatic heterocycles. The molecule has 2 aliphatic rings. The summed E-state index contributed by atoms with van der Waals surface area (Å²) in [6.07, 6.45) is 2.52. The number of rotatable bonds is 8. The van der Waals surface area contributed by atoms with E-state index in [0.717, 1.165) is 39.5 Å². The zero-order valence-electron chi connectivity index (χ0n) is 16.9. The van der Waals surface area contributed by atoms with Crippen molar-refractivity contribution in [1.29, 1.82) is 0 Å². The van der Waals surface area contributed by atoms with Crippen molar-refractivity contribution in [2.75, 3.05) is 33.3 Å². The van der Waals surface area contributed by atoms with E-state index in [9.17, 15) is 19.2 Å². The normalized spacial score (nSPS) is 21.1. The fourth-order valence-electron chi connectivity index (χ4n) is 3.88. The van der Waals surface area contributed by atoms with Crippen molar-refractivity contribution in [2.45, 2.75) is 51.1 Å². The maximum atomic E-state index is 12.6. The highest BCUT2D eigenvalue weighted by molar-refractivity contribution is 5.82. The summed E-state index contributed by atoms with van der Waals surface area (Å²) < 4.78 is 4.46. The molecule has 164 valence electrons. The predicted octanol–water partition coefficient (Wildman–Crippen LogP) is 0.278. The molecule has 2 rings (SSSR count). The number of alkyl carbamates (subject to hydrolysis) is 1. The third kappa shape index (κ3) is 7.88. The van der Waals surface area contributed by atoms with Gasteiger partial charge in [0.15, 0.2) is 0 Å². The largest absolute Gasteiger partial charge is 0.481 e. The van der Waals surface area contributed by atoms with Crippen molar-refractivity contribution in [2.24, 2.45) is 11.8 Å². The second kappa shape index (κ2) is 11.6. The van der Waals surface area contributed by atoms with Crippen LogP contribution in [0.25, 0.3) is 0 Å². The van der Waals surface area contributed by atoms with Crippen molar-refractivity contribution in [3.8, 4) is 0 Å². The van der Waals surface area contributed by atoms with Crippen LogP contribution in [0.2, 0.25) is 0 Å². The number of aliphatic carboxylic acids is 1. The number of hydrogen-bond donors (Lipinski definition) is 4. The molecule has 29 heavy (non-hydrogen) atoms. The first-order valence-electron chi connectivity index (χ1n) is 10.2. The molecule has 10 nitrogen and oxygen atoms in total. The molecule has 2 fully saturated rings. The Bertz CT molecular complexity index is 593. The molecule has 0 unspecified atom stereocenters. The van der Waals surface area contributed by atoms with Crippen LogP contribution in [0.1, 0.15) is 44.9 Å². The quantitative estimate of drug-likeness (QED) is 0.420. The molecule has 0 spiro atoms. The van der Waals surface area contributed by atoms with E-state index in [4.69, 9.17) is 5.11 Å². The molecule has 0 bridgehead atoms. The highest BCUT2D eigenvalue weighted by atomic mass is 16.5. The van der Waals surface area contributed by atoms with Crippen LogP contribution in [0.3, 0.4) is 0 Å². The zero-order valence-corrected chi connectivity index (χ0v) is 16.9. The Hall–Kier alpha value is -2.36. The van der Waals surface area contributed by atoms with Crippen LogP contribution >= 0.6 is 0 Å². The van der Waals surface area contributed by atoms with Gasteiger partial charge < -0.3 is 30.7 Å². The van der Waals surface area contributed by atoms with Crippen LogP contribution in [0, 0.1) is 11.8 Å². The van der Waals surface area contributed by atoms with Crippen LogP contribution < -0.4 is 16.0 Å². The second-order valence-corrected chi connectivity index (χ2v) is 7.71. The summed E-state index contributed by atoms with van der Waals surface area (Å²) in [7, 11) is 1.16. The lowest BCUT2D eigenvalue weighted by Gasteiger charge is -2.33. The van der Waals surface area contributed by atoms with Gasteiger partial charge in [-0.15, -0.1) is 0 Å². The number of carbonyl (C=O) groups is 4. The lowest BCUT2D eigenvalue weighted by Crippen LogP contribution is -2.53. The smallest absolute Gasteiger partial charge is 0.408 e. The molecule has 0 aromatic carbocycles. The van der Waals surface area contributed by atoms with Gasteiger partial charge in [-0.2, -0.15) is 0 Å². The Morgan fingerprint density at radius 3 is 2.55 bits per heavy atom. The van der Waals surface area contributed by atoms with Gasteiger partial charge in [0.2, 0.25) is 11.8 Å². The summed E-state index contributed by atoms with van der Waals surface area (Å²) in [6.45, 7) is 2.95. The van der Waals surface area contributed by atoms with Gasteiger partial charge in [0.05, 0.1) is 19.4 Å².